The predicted molar refractivity (Wildman–Crippen MR) is 59.8 cm³/mol. The monoisotopic (exact) mass is 213 g/mol. The van der Waals surface area contributed by atoms with Crippen LogP contribution in [-0.2, 0) is 4.74 Å². The second-order valence-corrected chi connectivity index (χ2v) is 5.26. The van der Waals surface area contributed by atoms with Crippen LogP contribution in [0.3, 0.4) is 0 Å². The van der Waals surface area contributed by atoms with Gasteiger partial charge in [-0.05, 0) is 57.5 Å². The van der Waals surface area contributed by atoms with Crippen molar-refractivity contribution in [2.45, 2.75) is 51.2 Å². The third-order valence-electron chi connectivity index (χ3n) is 3.98. The molecule has 0 aromatic rings. The highest BCUT2D eigenvalue weighted by Gasteiger charge is 2.36. The molecule has 0 amide bonds. The molecule has 2 heterocycles. The van der Waals surface area contributed by atoms with Crippen molar-refractivity contribution in [3.8, 4) is 0 Å². The van der Waals surface area contributed by atoms with Crippen LogP contribution in [0.2, 0.25) is 0 Å². The Morgan fingerprint density at radius 3 is 2.60 bits per heavy atom. The van der Waals surface area contributed by atoms with Crippen molar-refractivity contribution in [1.82, 2.24) is 5.32 Å². The fourth-order valence-electron chi connectivity index (χ4n) is 2.90. The number of ether oxygens (including phenoxy) is 1. The third kappa shape index (κ3) is 2.71. The summed E-state index contributed by atoms with van der Waals surface area (Å²) in [6.45, 7) is 4.56. The molecule has 2 aliphatic heterocycles. The average Bonchev–Trinajstić information content (AvgIpc) is 2.65. The van der Waals surface area contributed by atoms with E-state index in [1.54, 1.807) is 0 Å². The molecule has 2 atom stereocenters. The molecule has 88 valence electrons. The Kier molecular flexibility index (Phi) is 3.65. The molecule has 15 heavy (non-hydrogen) atoms. The van der Waals surface area contributed by atoms with Gasteiger partial charge in [-0.1, -0.05) is 0 Å². The summed E-state index contributed by atoms with van der Waals surface area (Å²) in [7, 11) is 0. The first-order valence-corrected chi connectivity index (χ1v) is 6.21. The molecular formula is C12H23NO2. The van der Waals surface area contributed by atoms with E-state index in [0.29, 0.717) is 18.8 Å². The minimum absolute atomic E-state index is 0.139. The summed E-state index contributed by atoms with van der Waals surface area (Å²) >= 11 is 0. The van der Waals surface area contributed by atoms with Crippen molar-refractivity contribution >= 4 is 0 Å². The van der Waals surface area contributed by atoms with Crippen molar-refractivity contribution in [3.05, 3.63) is 0 Å². The first kappa shape index (κ1) is 11.4. The summed E-state index contributed by atoms with van der Waals surface area (Å²) in [5.41, 5.74) is 0.139. The molecule has 0 aromatic heterocycles. The van der Waals surface area contributed by atoms with Gasteiger partial charge in [-0.25, -0.2) is 0 Å². The predicted octanol–water partition coefficient (Wildman–Crippen LogP) is 1.31. The van der Waals surface area contributed by atoms with Crippen molar-refractivity contribution in [3.63, 3.8) is 0 Å². The molecular weight excluding hydrogens is 190 g/mol. The van der Waals surface area contributed by atoms with Gasteiger partial charge < -0.3 is 15.2 Å². The van der Waals surface area contributed by atoms with Crippen molar-refractivity contribution < 1.29 is 9.84 Å². The first-order valence-electron chi connectivity index (χ1n) is 6.21. The molecule has 2 fully saturated rings. The lowest BCUT2D eigenvalue weighted by atomic mass is 9.75. The fraction of sp³-hybridized carbons (Fsp3) is 1.00. The zero-order chi connectivity index (χ0) is 10.7. The maximum Gasteiger partial charge on any atom is 0.0585 e. The molecule has 0 radical (unpaired) electrons. The fourth-order valence-corrected chi connectivity index (χ4v) is 2.90. The Hall–Kier alpha value is -0.120. The second-order valence-electron chi connectivity index (χ2n) is 5.26. The highest BCUT2D eigenvalue weighted by Crippen LogP contribution is 2.37. The Morgan fingerprint density at radius 1 is 1.33 bits per heavy atom. The molecule has 0 bridgehead atoms. The number of piperidine rings is 1. The van der Waals surface area contributed by atoms with E-state index < -0.39 is 0 Å². The molecule has 2 aliphatic rings. The Morgan fingerprint density at radius 2 is 2.07 bits per heavy atom. The molecule has 2 unspecified atom stereocenters. The number of nitrogens with one attached hydrogen (secondary N) is 1. The number of rotatable bonds is 3. The van der Waals surface area contributed by atoms with Crippen LogP contribution in [0.15, 0.2) is 0 Å². The van der Waals surface area contributed by atoms with Crippen LogP contribution in [0.5, 0.6) is 0 Å². The normalized spacial score (nSPS) is 35.6. The molecule has 2 N–H and O–H groups in total. The van der Waals surface area contributed by atoms with E-state index in [4.69, 9.17) is 4.74 Å². The van der Waals surface area contributed by atoms with Gasteiger partial charge in [0.1, 0.15) is 0 Å². The average molecular weight is 213 g/mol. The van der Waals surface area contributed by atoms with Crippen LogP contribution in [0.25, 0.3) is 0 Å². The van der Waals surface area contributed by atoms with Crippen molar-refractivity contribution in [1.29, 1.82) is 0 Å². The summed E-state index contributed by atoms with van der Waals surface area (Å²) in [5.74, 6) is 0. The van der Waals surface area contributed by atoms with E-state index in [0.717, 1.165) is 32.4 Å². The van der Waals surface area contributed by atoms with Crippen LogP contribution >= 0.6 is 0 Å². The van der Waals surface area contributed by atoms with E-state index in [1.165, 1.54) is 12.8 Å². The maximum atomic E-state index is 9.58. The molecule has 3 heteroatoms. The van der Waals surface area contributed by atoms with Gasteiger partial charge in [0.2, 0.25) is 0 Å². The van der Waals surface area contributed by atoms with E-state index in [2.05, 4.69) is 12.2 Å². The number of hydrogen-bond donors (Lipinski definition) is 2. The lowest BCUT2D eigenvalue weighted by molar-refractivity contribution is -0.00854. The van der Waals surface area contributed by atoms with Gasteiger partial charge >= 0.3 is 0 Å². The van der Waals surface area contributed by atoms with E-state index in [-0.39, 0.29) is 5.41 Å². The molecule has 3 nitrogen and oxygen atoms in total. The maximum absolute atomic E-state index is 9.58. The van der Waals surface area contributed by atoms with Crippen molar-refractivity contribution in [2.24, 2.45) is 5.41 Å². The third-order valence-corrected chi connectivity index (χ3v) is 3.98. The summed E-state index contributed by atoms with van der Waals surface area (Å²) in [4.78, 5) is 0. The van der Waals surface area contributed by atoms with E-state index in [9.17, 15) is 5.11 Å². The molecule has 0 saturated carbocycles. The Labute approximate surface area is 92.2 Å². The van der Waals surface area contributed by atoms with Gasteiger partial charge in [0.25, 0.3) is 0 Å². The van der Waals surface area contributed by atoms with E-state index >= 15 is 0 Å². The summed E-state index contributed by atoms with van der Waals surface area (Å²) in [5, 5.41) is 12.9. The lowest BCUT2D eigenvalue weighted by Crippen LogP contribution is -2.41. The van der Waals surface area contributed by atoms with Crippen LogP contribution in [0.4, 0.5) is 0 Å². The summed E-state index contributed by atoms with van der Waals surface area (Å²) < 4.78 is 5.86. The van der Waals surface area contributed by atoms with Gasteiger partial charge in [0.15, 0.2) is 0 Å². The zero-order valence-electron chi connectivity index (χ0n) is 9.67. The molecule has 0 aromatic carbocycles. The topological polar surface area (TPSA) is 41.5 Å². The summed E-state index contributed by atoms with van der Waals surface area (Å²) in [6.07, 6.45) is 6.42. The number of aliphatic hydroxyl groups is 1. The SMILES string of the molecule is CC1CCC(CC2(CO)CCNCC2)O1. The number of hydrogen-bond acceptors (Lipinski definition) is 3. The van der Waals surface area contributed by atoms with Gasteiger partial charge in [-0.2, -0.15) is 0 Å². The van der Waals surface area contributed by atoms with Crippen LogP contribution < -0.4 is 5.32 Å². The second kappa shape index (κ2) is 4.81. The highest BCUT2D eigenvalue weighted by atomic mass is 16.5. The van der Waals surface area contributed by atoms with Gasteiger partial charge in [-0.15, -0.1) is 0 Å². The molecule has 0 spiro atoms. The van der Waals surface area contributed by atoms with Gasteiger partial charge in [-0.3, -0.25) is 0 Å². The quantitative estimate of drug-likeness (QED) is 0.742. The largest absolute Gasteiger partial charge is 0.396 e. The zero-order valence-corrected chi connectivity index (χ0v) is 9.67. The van der Waals surface area contributed by atoms with Crippen molar-refractivity contribution in [2.75, 3.05) is 19.7 Å². The molecule has 2 rings (SSSR count). The van der Waals surface area contributed by atoms with Crippen LogP contribution in [-0.4, -0.2) is 37.0 Å². The molecule has 0 aliphatic carbocycles. The lowest BCUT2D eigenvalue weighted by Gasteiger charge is -2.37. The molecule has 2 saturated heterocycles. The Balaban J connectivity index is 1.89. The smallest absolute Gasteiger partial charge is 0.0585 e. The summed E-state index contributed by atoms with van der Waals surface area (Å²) in [6, 6.07) is 0. The number of aliphatic hydroxyl groups excluding tert-OH is 1. The Bertz CT molecular complexity index is 202. The minimum atomic E-state index is 0.139. The minimum Gasteiger partial charge on any atom is -0.396 e. The van der Waals surface area contributed by atoms with Gasteiger partial charge in [0, 0.05) is 6.61 Å². The van der Waals surface area contributed by atoms with E-state index in [1.807, 2.05) is 0 Å². The van der Waals surface area contributed by atoms with Crippen LogP contribution in [0.1, 0.15) is 39.0 Å². The first-order chi connectivity index (χ1) is 7.24. The highest BCUT2D eigenvalue weighted by molar-refractivity contribution is 4.88. The van der Waals surface area contributed by atoms with Crippen LogP contribution in [0, 0.1) is 5.41 Å². The standard InChI is InChI=1S/C12H23NO2/c1-10-2-3-11(15-10)8-12(9-14)4-6-13-7-5-12/h10-11,13-14H,2-9H2,1H3. The van der Waals surface area contributed by atoms with Gasteiger partial charge in [0.05, 0.1) is 12.2 Å².